The topological polar surface area (TPSA) is 33.1 Å². The summed E-state index contributed by atoms with van der Waals surface area (Å²) in [5.74, 6) is 0. The summed E-state index contributed by atoms with van der Waals surface area (Å²) in [4.78, 5) is 6.69. The monoisotopic (exact) mass is 208 g/mol. The van der Waals surface area contributed by atoms with Gasteiger partial charge in [0.25, 0.3) is 0 Å². The lowest BCUT2D eigenvalue weighted by atomic mass is 10.2. The van der Waals surface area contributed by atoms with Gasteiger partial charge in [-0.2, -0.15) is 0 Å². The van der Waals surface area contributed by atoms with E-state index in [0.29, 0.717) is 6.04 Å². The fourth-order valence-electron chi connectivity index (χ4n) is 2.15. The number of nitrogens with zero attached hydrogens (tertiary/aromatic N) is 3. The molecule has 1 fully saturated rings. The molecule has 84 valence electrons. The van der Waals surface area contributed by atoms with Gasteiger partial charge in [0.2, 0.25) is 0 Å². The van der Waals surface area contributed by atoms with Crippen LogP contribution in [-0.4, -0.2) is 40.1 Å². The standard InChI is InChI=1S/C11H20N4/c1-3-15-9-12-6-11(15)8-14-5-4-13-10(2)7-14/h6,9-10,13H,3-5,7-8H2,1-2H3/t10-/m0/s1. The molecule has 0 amide bonds. The van der Waals surface area contributed by atoms with Crippen molar-refractivity contribution in [2.75, 3.05) is 19.6 Å². The van der Waals surface area contributed by atoms with Crippen LogP contribution >= 0.6 is 0 Å². The van der Waals surface area contributed by atoms with Crippen molar-refractivity contribution in [1.82, 2.24) is 19.8 Å². The maximum atomic E-state index is 4.20. The van der Waals surface area contributed by atoms with Gasteiger partial charge in [0.05, 0.1) is 12.0 Å². The van der Waals surface area contributed by atoms with Crippen molar-refractivity contribution in [2.24, 2.45) is 0 Å². The summed E-state index contributed by atoms with van der Waals surface area (Å²) >= 11 is 0. The van der Waals surface area contributed by atoms with Crippen LogP contribution in [0.4, 0.5) is 0 Å². The summed E-state index contributed by atoms with van der Waals surface area (Å²) < 4.78 is 2.21. The van der Waals surface area contributed by atoms with E-state index in [1.54, 1.807) is 0 Å². The largest absolute Gasteiger partial charge is 0.334 e. The van der Waals surface area contributed by atoms with Crippen LogP contribution in [0.2, 0.25) is 0 Å². The first kappa shape index (κ1) is 10.6. The number of imidazole rings is 1. The fourth-order valence-corrected chi connectivity index (χ4v) is 2.15. The predicted molar refractivity (Wildman–Crippen MR) is 60.6 cm³/mol. The second kappa shape index (κ2) is 4.77. The number of aromatic nitrogens is 2. The molecule has 0 saturated carbocycles. The molecule has 1 aromatic heterocycles. The molecule has 1 saturated heterocycles. The maximum Gasteiger partial charge on any atom is 0.0948 e. The first-order chi connectivity index (χ1) is 7.29. The molecule has 4 nitrogen and oxygen atoms in total. The third kappa shape index (κ3) is 2.58. The van der Waals surface area contributed by atoms with Crippen molar-refractivity contribution < 1.29 is 0 Å². The molecular formula is C11H20N4. The van der Waals surface area contributed by atoms with E-state index in [-0.39, 0.29) is 0 Å². The Balaban J connectivity index is 1.96. The molecule has 0 aliphatic carbocycles. The Labute approximate surface area is 91.3 Å². The molecule has 1 N–H and O–H groups in total. The molecule has 15 heavy (non-hydrogen) atoms. The average molecular weight is 208 g/mol. The van der Waals surface area contributed by atoms with E-state index in [9.17, 15) is 0 Å². The Bertz CT molecular complexity index is 307. The highest BCUT2D eigenvalue weighted by molar-refractivity contribution is 4.98. The second-order valence-electron chi connectivity index (χ2n) is 4.26. The van der Waals surface area contributed by atoms with Gasteiger partial charge < -0.3 is 9.88 Å². The first-order valence-corrected chi connectivity index (χ1v) is 5.74. The quantitative estimate of drug-likeness (QED) is 0.793. The van der Waals surface area contributed by atoms with Gasteiger partial charge in [0.1, 0.15) is 0 Å². The lowest BCUT2D eigenvalue weighted by Crippen LogP contribution is -2.48. The molecule has 1 aromatic rings. The van der Waals surface area contributed by atoms with Gasteiger partial charge in [-0.3, -0.25) is 4.90 Å². The summed E-state index contributed by atoms with van der Waals surface area (Å²) in [6.07, 6.45) is 3.90. The van der Waals surface area contributed by atoms with E-state index in [1.165, 1.54) is 5.69 Å². The van der Waals surface area contributed by atoms with Crippen molar-refractivity contribution in [3.05, 3.63) is 18.2 Å². The number of aryl methyl sites for hydroxylation is 1. The minimum Gasteiger partial charge on any atom is -0.334 e. The molecule has 2 rings (SSSR count). The Morgan fingerprint density at radius 2 is 2.47 bits per heavy atom. The normalized spacial score (nSPS) is 23.2. The fraction of sp³-hybridized carbons (Fsp3) is 0.727. The highest BCUT2D eigenvalue weighted by Crippen LogP contribution is 2.07. The number of piperazine rings is 1. The molecule has 0 bridgehead atoms. The van der Waals surface area contributed by atoms with Crippen molar-refractivity contribution >= 4 is 0 Å². The third-order valence-electron chi connectivity index (χ3n) is 2.98. The minimum atomic E-state index is 0.608. The summed E-state index contributed by atoms with van der Waals surface area (Å²) in [5, 5.41) is 3.46. The maximum absolute atomic E-state index is 4.20. The van der Waals surface area contributed by atoms with Crippen molar-refractivity contribution in [3.63, 3.8) is 0 Å². The van der Waals surface area contributed by atoms with Crippen LogP contribution in [0, 0.1) is 0 Å². The SMILES string of the molecule is CCn1cncc1CN1CCN[C@@H](C)C1. The van der Waals surface area contributed by atoms with Gasteiger partial charge in [-0.05, 0) is 13.8 Å². The number of hydrogen-bond acceptors (Lipinski definition) is 3. The van der Waals surface area contributed by atoms with Crippen molar-refractivity contribution in [2.45, 2.75) is 33.0 Å². The molecular weight excluding hydrogens is 188 g/mol. The van der Waals surface area contributed by atoms with Gasteiger partial charge >= 0.3 is 0 Å². The Kier molecular flexibility index (Phi) is 3.38. The average Bonchev–Trinajstić information content (AvgIpc) is 2.65. The predicted octanol–water partition coefficient (Wildman–Crippen LogP) is 0.697. The second-order valence-corrected chi connectivity index (χ2v) is 4.26. The van der Waals surface area contributed by atoms with Crippen LogP contribution in [0.1, 0.15) is 19.5 Å². The lowest BCUT2D eigenvalue weighted by molar-refractivity contribution is 0.195. The summed E-state index contributed by atoms with van der Waals surface area (Å²) in [7, 11) is 0. The number of nitrogens with one attached hydrogen (secondary N) is 1. The van der Waals surface area contributed by atoms with Crippen LogP contribution in [0.25, 0.3) is 0 Å². The summed E-state index contributed by atoms with van der Waals surface area (Å²) in [6, 6.07) is 0.608. The van der Waals surface area contributed by atoms with Crippen molar-refractivity contribution in [3.8, 4) is 0 Å². The third-order valence-corrected chi connectivity index (χ3v) is 2.98. The highest BCUT2D eigenvalue weighted by Gasteiger charge is 2.16. The lowest BCUT2D eigenvalue weighted by Gasteiger charge is -2.31. The van der Waals surface area contributed by atoms with Crippen molar-refractivity contribution in [1.29, 1.82) is 0 Å². The van der Waals surface area contributed by atoms with E-state index in [2.05, 4.69) is 33.6 Å². The summed E-state index contributed by atoms with van der Waals surface area (Å²) in [6.45, 7) is 9.81. The molecule has 1 aliphatic rings. The zero-order valence-electron chi connectivity index (χ0n) is 9.61. The molecule has 0 radical (unpaired) electrons. The van der Waals surface area contributed by atoms with Gasteiger partial charge in [-0.1, -0.05) is 0 Å². The molecule has 1 atom stereocenters. The van der Waals surface area contributed by atoms with Crippen LogP contribution in [-0.2, 0) is 13.1 Å². The van der Waals surface area contributed by atoms with Crippen LogP contribution in [0.3, 0.4) is 0 Å². The highest BCUT2D eigenvalue weighted by atomic mass is 15.2. The first-order valence-electron chi connectivity index (χ1n) is 5.74. The van der Waals surface area contributed by atoms with Gasteiger partial charge in [-0.15, -0.1) is 0 Å². The van der Waals surface area contributed by atoms with E-state index in [1.807, 2.05) is 12.5 Å². The summed E-state index contributed by atoms with van der Waals surface area (Å²) in [5.41, 5.74) is 1.33. The smallest absolute Gasteiger partial charge is 0.0948 e. The number of rotatable bonds is 3. The van der Waals surface area contributed by atoms with Gasteiger partial charge in [0.15, 0.2) is 0 Å². The zero-order chi connectivity index (χ0) is 10.7. The molecule has 1 aliphatic heterocycles. The Morgan fingerprint density at radius 1 is 1.60 bits per heavy atom. The minimum absolute atomic E-state index is 0.608. The zero-order valence-corrected chi connectivity index (χ0v) is 9.61. The van der Waals surface area contributed by atoms with Crippen LogP contribution in [0.15, 0.2) is 12.5 Å². The Hall–Kier alpha value is -0.870. The molecule has 2 heterocycles. The van der Waals surface area contributed by atoms with Gasteiger partial charge in [-0.25, -0.2) is 4.98 Å². The molecule has 0 aromatic carbocycles. The van der Waals surface area contributed by atoms with E-state index < -0.39 is 0 Å². The number of hydrogen-bond donors (Lipinski definition) is 1. The van der Waals surface area contributed by atoms with Gasteiger partial charge in [0, 0.05) is 45.0 Å². The molecule has 0 spiro atoms. The molecule has 4 heteroatoms. The van der Waals surface area contributed by atoms with Crippen LogP contribution < -0.4 is 5.32 Å². The van der Waals surface area contributed by atoms with Crippen LogP contribution in [0.5, 0.6) is 0 Å². The van der Waals surface area contributed by atoms with E-state index in [0.717, 1.165) is 32.7 Å². The Morgan fingerprint density at radius 3 is 3.20 bits per heavy atom. The van der Waals surface area contributed by atoms with E-state index >= 15 is 0 Å². The molecule has 0 unspecified atom stereocenters. The van der Waals surface area contributed by atoms with E-state index in [4.69, 9.17) is 0 Å².